The molecule has 0 saturated carbocycles. The molecule has 0 atom stereocenters. The molecule has 0 saturated heterocycles. The second-order valence-corrected chi connectivity index (χ2v) is 6.23. The molecule has 142 valence electrons. The van der Waals surface area contributed by atoms with Crippen molar-refractivity contribution in [2.45, 2.75) is 12.8 Å². The Bertz CT molecular complexity index is 872. The van der Waals surface area contributed by atoms with E-state index in [0.717, 1.165) is 0 Å². The first-order valence-electron chi connectivity index (χ1n) is 7.83. The monoisotopic (exact) mass is 409 g/mol. The third kappa shape index (κ3) is 6.47. The van der Waals surface area contributed by atoms with Gasteiger partial charge in [-0.2, -0.15) is 5.10 Å². The van der Waals surface area contributed by atoms with E-state index in [4.69, 9.17) is 27.9 Å². The molecule has 0 unspecified atom stereocenters. The molecule has 0 aliphatic rings. The van der Waals surface area contributed by atoms with Gasteiger partial charge in [-0.15, -0.1) is 0 Å². The van der Waals surface area contributed by atoms with Crippen LogP contribution in [0.25, 0.3) is 0 Å². The van der Waals surface area contributed by atoms with Gasteiger partial charge in [-0.05, 0) is 36.4 Å². The van der Waals surface area contributed by atoms with Gasteiger partial charge in [-0.1, -0.05) is 23.2 Å². The van der Waals surface area contributed by atoms with Crippen LogP contribution in [-0.4, -0.2) is 30.2 Å². The lowest BCUT2D eigenvalue weighted by Crippen LogP contribution is -2.20. The van der Waals surface area contributed by atoms with Crippen LogP contribution in [0.15, 0.2) is 41.5 Å². The number of phenols is 1. The summed E-state index contributed by atoms with van der Waals surface area (Å²) in [6.07, 6.45) is 1.14. The molecule has 0 heterocycles. The van der Waals surface area contributed by atoms with Crippen LogP contribution in [0, 0.1) is 0 Å². The Morgan fingerprint density at radius 2 is 1.89 bits per heavy atom. The first kappa shape index (κ1) is 20.5. The second-order valence-electron chi connectivity index (χ2n) is 5.39. The van der Waals surface area contributed by atoms with E-state index in [1.165, 1.54) is 25.5 Å². The molecule has 0 aliphatic heterocycles. The minimum Gasteiger partial charge on any atom is -0.507 e. The van der Waals surface area contributed by atoms with Crippen LogP contribution in [-0.2, 0) is 9.59 Å². The third-order valence-corrected chi connectivity index (χ3v) is 3.97. The summed E-state index contributed by atoms with van der Waals surface area (Å²) in [6, 6.07) is 9.29. The zero-order valence-corrected chi connectivity index (χ0v) is 15.8. The van der Waals surface area contributed by atoms with Crippen molar-refractivity contribution in [1.29, 1.82) is 0 Å². The number of anilines is 1. The van der Waals surface area contributed by atoms with Crippen LogP contribution in [0.3, 0.4) is 0 Å². The Morgan fingerprint density at radius 1 is 1.15 bits per heavy atom. The summed E-state index contributed by atoms with van der Waals surface area (Å²) in [6.45, 7) is 0. The fourth-order valence-corrected chi connectivity index (χ4v) is 2.36. The van der Waals surface area contributed by atoms with Gasteiger partial charge in [0.25, 0.3) is 0 Å². The van der Waals surface area contributed by atoms with Gasteiger partial charge in [0.2, 0.25) is 11.8 Å². The number of methoxy groups -OCH3 is 1. The summed E-state index contributed by atoms with van der Waals surface area (Å²) in [5.41, 5.74) is 3.04. The maximum atomic E-state index is 11.9. The topological polar surface area (TPSA) is 100 Å². The van der Waals surface area contributed by atoms with Crippen molar-refractivity contribution in [3.05, 3.63) is 52.0 Å². The Morgan fingerprint density at radius 3 is 2.63 bits per heavy atom. The Kier molecular flexibility index (Phi) is 7.45. The number of hydrogen-bond donors (Lipinski definition) is 3. The van der Waals surface area contributed by atoms with Gasteiger partial charge in [0, 0.05) is 23.4 Å². The predicted molar refractivity (Wildman–Crippen MR) is 105 cm³/mol. The van der Waals surface area contributed by atoms with Crippen LogP contribution in [0.1, 0.15) is 18.4 Å². The summed E-state index contributed by atoms with van der Waals surface area (Å²) in [5, 5.41) is 16.8. The molecular weight excluding hydrogens is 393 g/mol. The molecule has 0 aromatic heterocycles. The zero-order valence-electron chi connectivity index (χ0n) is 14.3. The maximum absolute atomic E-state index is 11.9. The van der Waals surface area contributed by atoms with Gasteiger partial charge in [-0.3, -0.25) is 9.59 Å². The smallest absolute Gasteiger partial charge is 0.240 e. The molecule has 3 N–H and O–H groups in total. The first-order chi connectivity index (χ1) is 12.9. The molecule has 7 nitrogen and oxygen atoms in total. The van der Waals surface area contributed by atoms with E-state index in [9.17, 15) is 14.7 Å². The minimum absolute atomic E-state index is 0.00780. The molecule has 0 bridgehead atoms. The maximum Gasteiger partial charge on any atom is 0.240 e. The number of ether oxygens (including phenoxy) is 1. The zero-order chi connectivity index (χ0) is 19.8. The highest BCUT2D eigenvalue weighted by molar-refractivity contribution is 6.35. The summed E-state index contributed by atoms with van der Waals surface area (Å²) in [4.78, 5) is 23.7. The molecule has 2 aromatic rings. The number of aromatic hydroxyl groups is 1. The Labute approximate surface area is 165 Å². The fraction of sp³-hybridized carbons (Fsp3) is 0.167. The van der Waals surface area contributed by atoms with E-state index < -0.39 is 5.91 Å². The normalized spacial score (nSPS) is 10.6. The van der Waals surface area contributed by atoms with E-state index in [1.807, 2.05) is 0 Å². The third-order valence-electron chi connectivity index (χ3n) is 3.41. The number of nitrogens with zero attached hydrogens (tertiary/aromatic N) is 1. The number of benzene rings is 2. The van der Waals surface area contributed by atoms with Crippen molar-refractivity contribution in [2.75, 3.05) is 12.4 Å². The van der Waals surface area contributed by atoms with Gasteiger partial charge in [0.05, 0.1) is 24.0 Å². The summed E-state index contributed by atoms with van der Waals surface area (Å²) >= 11 is 11.8. The van der Waals surface area contributed by atoms with Crippen LogP contribution in [0.4, 0.5) is 5.69 Å². The van der Waals surface area contributed by atoms with Crippen molar-refractivity contribution >= 4 is 46.9 Å². The van der Waals surface area contributed by atoms with Gasteiger partial charge in [0.1, 0.15) is 11.5 Å². The largest absolute Gasteiger partial charge is 0.507 e. The van der Waals surface area contributed by atoms with Crippen LogP contribution in [0.2, 0.25) is 10.0 Å². The number of phenolic OH excluding ortho intramolecular Hbond substituents is 1. The SMILES string of the molecule is COc1ccc(O)c(/C=N\NC(=O)CCC(=O)Nc2cc(Cl)ccc2Cl)c1. The lowest BCUT2D eigenvalue weighted by molar-refractivity contribution is -0.124. The van der Waals surface area contributed by atoms with E-state index >= 15 is 0 Å². The highest BCUT2D eigenvalue weighted by Crippen LogP contribution is 2.25. The second kappa shape index (κ2) is 9.80. The van der Waals surface area contributed by atoms with Gasteiger partial charge in [0.15, 0.2) is 0 Å². The fourth-order valence-electron chi connectivity index (χ4n) is 2.03. The summed E-state index contributed by atoms with van der Waals surface area (Å²) in [5.74, 6) is -0.312. The lowest BCUT2D eigenvalue weighted by Gasteiger charge is -2.07. The van der Waals surface area contributed by atoms with Crippen LogP contribution < -0.4 is 15.5 Å². The van der Waals surface area contributed by atoms with Gasteiger partial charge in [-0.25, -0.2) is 5.43 Å². The van der Waals surface area contributed by atoms with Crippen LogP contribution >= 0.6 is 23.2 Å². The number of hydrogen-bond acceptors (Lipinski definition) is 5. The standard InChI is InChI=1S/C18H17Cl2N3O4/c1-27-13-3-5-16(24)11(8-13)10-21-23-18(26)7-6-17(25)22-15-9-12(19)2-4-14(15)20/h2-5,8-10,24H,6-7H2,1H3,(H,22,25)(H,23,26)/b21-10-. The molecule has 2 rings (SSSR count). The number of carbonyl (C=O) groups excluding carboxylic acids is 2. The number of halogens is 2. The van der Waals surface area contributed by atoms with Gasteiger partial charge < -0.3 is 15.2 Å². The van der Waals surface area contributed by atoms with E-state index in [-0.39, 0.29) is 24.5 Å². The lowest BCUT2D eigenvalue weighted by atomic mass is 10.2. The van der Waals surface area contributed by atoms with Crippen molar-refractivity contribution in [1.82, 2.24) is 5.43 Å². The molecule has 0 aliphatic carbocycles. The van der Waals surface area contributed by atoms with E-state index in [1.54, 1.807) is 24.3 Å². The number of nitrogens with one attached hydrogen (secondary N) is 2. The average molecular weight is 410 g/mol. The predicted octanol–water partition coefficient (Wildman–Crippen LogP) is 3.58. The first-order valence-corrected chi connectivity index (χ1v) is 8.58. The highest BCUT2D eigenvalue weighted by Gasteiger charge is 2.09. The number of amides is 2. The Hall–Kier alpha value is -2.77. The Balaban J connectivity index is 1.82. The quantitative estimate of drug-likeness (QED) is 0.480. The molecule has 2 amide bonds. The minimum atomic E-state index is -0.457. The van der Waals surface area contributed by atoms with Crippen molar-refractivity contribution in [3.63, 3.8) is 0 Å². The molecule has 9 heteroatoms. The number of hydrazone groups is 1. The van der Waals surface area contributed by atoms with E-state index in [2.05, 4.69) is 15.8 Å². The number of rotatable bonds is 7. The van der Waals surface area contributed by atoms with Crippen molar-refractivity contribution in [3.8, 4) is 11.5 Å². The van der Waals surface area contributed by atoms with Crippen LogP contribution in [0.5, 0.6) is 11.5 Å². The van der Waals surface area contributed by atoms with E-state index in [0.29, 0.717) is 27.0 Å². The highest BCUT2D eigenvalue weighted by atomic mass is 35.5. The van der Waals surface area contributed by atoms with Gasteiger partial charge >= 0.3 is 0 Å². The molecule has 0 radical (unpaired) electrons. The molecule has 0 spiro atoms. The summed E-state index contributed by atoms with van der Waals surface area (Å²) in [7, 11) is 1.50. The molecule has 27 heavy (non-hydrogen) atoms. The number of carbonyl (C=O) groups is 2. The van der Waals surface area contributed by atoms with Crippen molar-refractivity contribution in [2.24, 2.45) is 5.10 Å². The van der Waals surface area contributed by atoms with Crippen molar-refractivity contribution < 1.29 is 19.4 Å². The molecule has 2 aromatic carbocycles. The molecule has 0 fully saturated rings. The average Bonchev–Trinajstić information content (AvgIpc) is 2.64. The molecular formula is C18H17Cl2N3O4. The summed E-state index contributed by atoms with van der Waals surface area (Å²) < 4.78 is 5.04.